The fourth-order valence-electron chi connectivity index (χ4n) is 2.41. The van der Waals surface area contributed by atoms with Gasteiger partial charge in [-0.1, -0.05) is 6.42 Å². The molecule has 2 N–H and O–H groups in total. The Morgan fingerprint density at radius 3 is 2.95 bits per heavy atom. The second kappa shape index (κ2) is 6.28. The van der Waals surface area contributed by atoms with Crippen LogP contribution in [0.3, 0.4) is 0 Å². The lowest BCUT2D eigenvalue weighted by molar-refractivity contribution is 0.0697. The van der Waals surface area contributed by atoms with Gasteiger partial charge in [-0.25, -0.2) is 9.78 Å². The largest absolute Gasteiger partial charge is 0.478 e. The van der Waals surface area contributed by atoms with E-state index in [1.807, 2.05) is 31.7 Å². The number of hydrogen-bond donors (Lipinski definition) is 2. The van der Waals surface area contributed by atoms with E-state index >= 15 is 0 Å². The smallest absolute Gasteiger partial charge is 0.339 e. The number of carboxylic acids is 1. The molecule has 2 rings (SSSR count). The molecule has 1 atom stereocenters. The minimum absolute atomic E-state index is 0.298. The van der Waals surface area contributed by atoms with Gasteiger partial charge in [-0.05, 0) is 44.1 Å². The Morgan fingerprint density at radius 2 is 2.32 bits per heavy atom. The lowest BCUT2D eigenvalue weighted by Crippen LogP contribution is -2.22. The third kappa shape index (κ3) is 3.62. The Labute approximate surface area is 118 Å². The number of nitrogens with zero attached hydrogens (tertiary/aromatic N) is 1. The van der Waals surface area contributed by atoms with Crippen molar-refractivity contribution in [2.24, 2.45) is 0 Å². The number of aryl methyl sites for hydroxylation is 2. The Kier molecular flexibility index (Phi) is 4.69. The van der Waals surface area contributed by atoms with Crippen molar-refractivity contribution in [3.05, 3.63) is 22.9 Å². The van der Waals surface area contributed by atoms with Gasteiger partial charge >= 0.3 is 5.97 Å². The quantitative estimate of drug-likeness (QED) is 0.887. The zero-order valence-corrected chi connectivity index (χ0v) is 12.2. The summed E-state index contributed by atoms with van der Waals surface area (Å²) in [6.45, 7) is 4.50. The molecule has 1 aliphatic heterocycles. The number of rotatable bonds is 4. The van der Waals surface area contributed by atoms with Crippen LogP contribution >= 0.6 is 11.8 Å². The first-order chi connectivity index (χ1) is 9.08. The van der Waals surface area contributed by atoms with Gasteiger partial charge in [0, 0.05) is 17.5 Å². The van der Waals surface area contributed by atoms with Crippen molar-refractivity contribution in [1.29, 1.82) is 0 Å². The Morgan fingerprint density at radius 1 is 1.53 bits per heavy atom. The van der Waals surface area contributed by atoms with Gasteiger partial charge in [0.05, 0.1) is 0 Å². The Hall–Kier alpha value is -1.23. The molecule has 1 aromatic rings. The second-order valence-electron chi connectivity index (χ2n) is 4.98. The SMILES string of the molecule is Cc1cc(C)c(C(=O)O)c(NCC2CCCCS2)n1. The van der Waals surface area contributed by atoms with E-state index in [1.54, 1.807) is 0 Å². The van der Waals surface area contributed by atoms with E-state index in [1.165, 1.54) is 25.0 Å². The highest BCUT2D eigenvalue weighted by molar-refractivity contribution is 7.99. The highest BCUT2D eigenvalue weighted by atomic mass is 32.2. The summed E-state index contributed by atoms with van der Waals surface area (Å²) in [5.41, 5.74) is 1.91. The second-order valence-corrected chi connectivity index (χ2v) is 6.39. The normalized spacial score (nSPS) is 19.2. The number of anilines is 1. The van der Waals surface area contributed by atoms with Crippen LogP contribution in [0.25, 0.3) is 0 Å². The molecule has 0 saturated carbocycles. The molecule has 1 aromatic heterocycles. The van der Waals surface area contributed by atoms with E-state index < -0.39 is 5.97 Å². The number of aromatic nitrogens is 1. The summed E-state index contributed by atoms with van der Waals surface area (Å²) in [5, 5.41) is 13.1. The van der Waals surface area contributed by atoms with E-state index in [2.05, 4.69) is 10.3 Å². The van der Waals surface area contributed by atoms with Crippen LogP contribution < -0.4 is 5.32 Å². The van der Waals surface area contributed by atoms with Crippen molar-refractivity contribution in [2.75, 3.05) is 17.6 Å². The molecule has 0 spiro atoms. The van der Waals surface area contributed by atoms with Gasteiger partial charge in [-0.15, -0.1) is 0 Å². The maximum atomic E-state index is 11.3. The van der Waals surface area contributed by atoms with Crippen LogP contribution in [0.4, 0.5) is 5.82 Å². The molecule has 0 amide bonds. The summed E-state index contributed by atoms with van der Waals surface area (Å²) in [4.78, 5) is 15.7. The molecule has 0 aromatic carbocycles. The van der Waals surface area contributed by atoms with Gasteiger partial charge in [-0.3, -0.25) is 0 Å². The molecule has 2 heterocycles. The number of hydrogen-bond acceptors (Lipinski definition) is 4. The van der Waals surface area contributed by atoms with Crippen LogP contribution in [-0.4, -0.2) is 33.6 Å². The fraction of sp³-hybridized carbons (Fsp3) is 0.571. The molecule has 1 aliphatic rings. The number of nitrogens with one attached hydrogen (secondary N) is 1. The maximum absolute atomic E-state index is 11.3. The monoisotopic (exact) mass is 280 g/mol. The van der Waals surface area contributed by atoms with Gasteiger partial charge in [0.25, 0.3) is 0 Å². The zero-order chi connectivity index (χ0) is 13.8. The van der Waals surface area contributed by atoms with Crippen LogP contribution in [-0.2, 0) is 0 Å². The highest BCUT2D eigenvalue weighted by Crippen LogP contribution is 2.26. The minimum atomic E-state index is -0.913. The van der Waals surface area contributed by atoms with Crippen molar-refractivity contribution in [3.8, 4) is 0 Å². The lowest BCUT2D eigenvalue weighted by atomic mass is 10.1. The topological polar surface area (TPSA) is 62.2 Å². The lowest BCUT2D eigenvalue weighted by Gasteiger charge is -2.22. The Bertz CT molecular complexity index is 471. The molecular weight excluding hydrogens is 260 g/mol. The van der Waals surface area contributed by atoms with Gasteiger partial charge in [0.15, 0.2) is 0 Å². The van der Waals surface area contributed by atoms with Crippen molar-refractivity contribution in [3.63, 3.8) is 0 Å². The average Bonchev–Trinajstić information content (AvgIpc) is 2.36. The number of aromatic carboxylic acids is 1. The summed E-state index contributed by atoms with van der Waals surface area (Å²) in [6.07, 6.45) is 3.76. The van der Waals surface area contributed by atoms with E-state index in [0.29, 0.717) is 16.6 Å². The van der Waals surface area contributed by atoms with Crippen molar-refractivity contribution in [1.82, 2.24) is 4.98 Å². The molecule has 104 valence electrons. The number of thioether (sulfide) groups is 1. The van der Waals surface area contributed by atoms with Crippen LogP contribution in [0.1, 0.15) is 40.9 Å². The van der Waals surface area contributed by atoms with Gasteiger partial charge in [0.1, 0.15) is 11.4 Å². The van der Waals surface area contributed by atoms with Crippen LogP contribution in [0, 0.1) is 13.8 Å². The third-order valence-corrected chi connectivity index (χ3v) is 4.73. The van der Waals surface area contributed by atoms with E-state index in [0.717, 1.165) is 17.8 Å². The van der Waals surface area contributed by atoms with Crippen LogP contribution in [0.15, 0.2) is 6.07 Å². The van der Waals surface area contributed by atoms with Crippen LogP contribution in [0.5, 0.6) is 0 Å². The summed E-state index contributed by atoms with van der Waals surface area (Å²) in [6, 6.07) is 1.81. The molecule has 0 radical (unpaired) electrons. The summed E-state index contributed by atoms with van der Waals surface area (Å²) >= 11 is 1.97. The summed E-state index contributed by atoms with van der Waals surface area (Å²) in [5.74, 6) is 0.804. The zero-order valence-electron chi connectivity index (χ0n) is 11.4. The maximum Gasteiger partial charge on any atom is 0.339 e. The number of carboxylic acid groups (broad SMARTS) is 1. The first-order valence-electron chi connectivity index (χ1n) is 6.65. The van der Waals surface area contributed by atoms with Gasteiger partial charge in [0.2, 0.25) is 0 Å². The number of pyridine rings is 1. The summed E-state index contributed by atoms with van der Waals surface area (Å²) < 4.78 is 0. The molecule has 5 heteroatoms. The molecule has 1 unspecified atom stereocenters. The molecule has 1 saturated heterocycles. The average molecular weight is 280 g/mol. The molecule has 0 aliphatic carbocycles. The Balaban J connectivity index is 2.12. The molecular formula is C14H20N2O2S. The van der Waals surface area contributed by atoms with E-state index in [4.69, 9.17) is 0 Å². The summed E-state index contributed by atoms with van der Waals surface area (Å²) in [7, 11) is 0. The third-order valence-electron chi connectivity index (χ3n) is 3.33. The van der Waals surface area contributed by atoms with Crippen molar-refractivity contribution in [2.45, 2.75) is 38.4 Å². The first kappa shape index (κ1) is 14.2. The fourth-order valence-corrected chi connectivity index (χ4v) is 3.65. The molecule has 19 heavy (non-hydrogen) atoms. The van der Waals surface area contributed by atoms with Crippen molar-refractivity contribution >= 4 is 23.5 Å². The molecule has 0 bridgehead atoms. The first-order valence-corrected chi connectivity index (χ1v) is 7.70. The standard InChI is InChI=1S/C14H20N2O2S/c1-9-7-10(2)16-13(12(9)14(17)18)15-8-11-5-3-4-6-19-11/h7,11H,3-6,8H2,1-2H3,(H,15,16)(H,17,18). The van der Waals surface area contributed by atoms with E-state index in [-0.39, 0.29) is 0 Å². The minimum Gasteiger partial charge on any atom is -0.478 e. The predicted octanol–water partition coefficient (Wildman–Crippen LogP) is 3.09. The van der Waals surface area contributed by atoms with Crippen molar-refractivity contribution < 1.29 is 9.90 Å². The predicted molar refractivity (Wildman–Crippen MR) is 79.3 cm³/mol. The highest BCUT2D eigenvalue weighted by Gasteiger charge is 2.18. The number of carbonyl (C=O) groups is 1. The molecule has 4 nitrogen and oxygen atoms in total. The van der Waals surface area contributed by atoms with E-state index in [9.17, 15) is 9.90 Å². The van der Waals surface area contributed by atoms with Gasteiger partial charge in [-0.2, -0.15) is 11.8 Å². The van der Waals surface area contributed by atoms with Crippen LogP contribution in [0.2, 0.25) is 0 Å². The molecule has 1 fully saturated rings. The van der Waals surface area contributed by atoms with Gasteiger partial charge < -0.3 is 10.4 Å².